The molecule has 0 aromatic carbocycles. The minimum Gasteiger partial charge on any atom is -0.395 e. The van der Waals surface area contributed by atoms with Crippen LogP contribution in [0.3, 0.4) is 0 Å². The number of nitrogens with one attached hydrogen (secondary N) is 1. The van der Waals surface area contributed by atoms with Gasteiger partial charge in [-0.1, -0.05) is 5.92 Å². The van der Waals surface area contributed by atoms with E-state index < -0.39 is 0 Å². The molecule has 0 saturated heterocycles. The first kappa shape index (κ1) is 9.44. The summed E-state index contributed by atoms with van der Waals surface area (Å²) in [6.07, 6.45) is 5.05. The summed E-state index contributed by atoms with van der Waals surface area (Å²) in [5.41, 5.74) is 0. The number of hydrogen-bond acceptors (Lipinski definition) is 3. The summed E-state index contributed by atoms with van der Waals surface area (Å²) in [4.78, 5) is 0. The highest BCUT2D eigenvalue weighted by molar-refractivity contribution is 4.96. The molecule has 0 saturated carbocycles. The zero-order valence-corrected chi connectivity index (χ0v) is 6.04. The first-order valence-electron chi connectivity index (χ1n) is 3.18. The molecule has 0 fully saturated rings. The second kappa shape index (κ2) is 5.24. The molecule has 3 nitrogen and oxygen atoms in total. The van der Waals surface area contributed by atoms with Gasteiger partial charge in [0, 0.05) is 0 Å². The third kappa shape index (κ3) is 3.46. The van der Waals surface area contributed by atoms with Crippen LogP contribution in [0.15, 0.2) is 0 Å². The minimum atomic E-state index is -0.300. The van der Waals surface area contributed by atoms with Crippen LogP contribution in [0.2, 0.25) is 0 Å². The summed E-state index contributed by atoms with van der Waals surface area (Å²) in [5, 5.41) is 20.0. The average Bonchev–Trinajstić information content (AvgIpc) is 1.99. The predicted octanol–water partition coefficient (Wildman–Crippen LogP) is -1.05. The maximum absolute atomic E-state index is 8.58. The van der Waals surface area contributed by atoms with Gasteiger partial charge in [0.25, 0.3) is 0 Å². The molecule has 1 unspecified atom stereocenters. The molecule has 0 bridgehead atoms. The van der Waals surface area contributed by atoms with Gasteiger partial charge in [-0.2, -0.15) is 0 Å². The summed E-state index contributed by atoms with van der Waals surface area (Å²) < 4.78 is 0. The molecule has 0 aromatic rings. The molecule has 0 aromatic heterocycles. The van der Waals surface area contributed by atoms with Crippen LogP contribution in [0, 0.1) is 12.3 Å². The van der Waals surface area contributed by atoms with Crippen molar-refractivity contribution < 1.29 is 10.2 Å². The van der Waals surface area contributed by atoms with E-state index in [1.165, 1.54) is 0 Å². The zero-order chi connectivity index (χ0) is 7.98. The molecule has 3 heteroatoms. The lowest BCUT2D eigenvalue weighted by atomic mass is 10.2. The highest BCUT2D eigenvalue weighted by Crippen LogP contribution is 1.83. The highest BCUT2D eigenvalue weighted by Gasteiger charge is 2.06. The Morgan fingerprint density at radius 1 is 1.50 bits per heavy atom. The Kier molecular flexibility index (Phi) is 4.95. The number of terminal acetylenes is 1. The Morgan fingerprint density at radius 2 is 2.00 bits per heavy atom. The summed E-state index contributed by atoms with van der Waals surface area (Å²) in [6, 6.07) is -0.407. The molecule has 0 radical (unpaired) electrons. The van der Waals surface area contributed by atoms with Crippen molar-refractivity contribution in [1.29, 1.82) is 0 Å². The van der Waals surface area contributed by atoms with Gasteiger partial charge in [-0.25, -0.2) is 0 Å². The van der Waals surface area contributed by atoms with Crippen molar-refractivity contribution in [3.63, 3.8) is 0 Å². The fourth-order valence-electron chi connectivity index (χ4n) is 0.565. The summed E-state index contributed by atoms with van der Waals surface area (Å²) in [7, 11) is 0. The van der Waals surface area contributed by atoms with Crippen LogP contribution < -0.4 is 5.32 Å². The van der Waals surface area contributed by atoms with Crippen LogP contribution in [0.25, 0.3) is 0 Å². The van der Waals surface area contributed by atoms with E-state index in [2.05, 4.69) is 11.2 Å². The van der Waals surface area contributed by atoms with Crippen molar-refractivity contribution in [2.75, 3.05) is 13.2 Å². The normalized spacial score (nSPS) is 13.1. The fourth-order valence-corrected chi connectivity index (χ4v) is 0.565. The largest absolute Gasteiger partial charge is 0.395 e. The smallest absolute Gasteiger partial charge is 0.0661 e. The monoisotopic (exact) mass is 143 g/mol. The van der Waals surface area contributed by atoms with Crippen LogP contribution in [-0.2, 0) is 0 Å². The fraction of sp³-hybridized carbons (Fsp3) is 0.714. The van der Waals surface area contributed by atoms with Crippen LogP contribution >= 0.6 is 0 Å². The molecule has 0 aliphatic carbocycles. The lowest BCUT2D eigenvalue weighted by Gasteiger charge is -2.14. The number of aliphatic hydroxyl groups is 2. The summed E-state index contributed by atoms with van der Waals surface area (Å²) in [5.74, 6) is 2.43. The molecule has 0 rings (SSSR count). The molecular formula is C7H13NO2. The standard InChI is InChI=1S/C7H13NO2/c1-3-6(2)8-7(4-9)5-10/h1,6-10H,4-5H2,2H3. The van der Waals surface area contributed by atoms with E-state index in [1.54, 1.807) is 6.92 Å². The second-order valence-corrected chi connectivity index (χ2v) is 2.12. The van der Waals surface area contributed by atoms with E-state index in [1.807, 2.05) is 0 Å². The van der Waals surface area contributed by atoms with Crippen molar-refractivity contribution in [2.45, 2.75) is 19.0 Å². The molecule has 58 valence electrons. The molecular weight excluding hydrogens is 130 g/mol. The molecule has 3 N–H and O–H groups in total. The van der Waals surface area contributed by atoms with E-state index >= 15 is 0 Å². The SMILES string of the molecule is C#CC(C)NC(CO)CO. The van der Waals surface area contributed by atoms with Gasteiger partial charge in [-0.3, -0.25) is 5.32 Å². The van der Waals surface area contributed by atoms with Gasteiger partial charge in [0.05, 0.1) is 25.3 Å². The van der Waals surface area contributed by atoms with Gasteiger partial charge in [0.2, 0.25) is 0 Å². The topological polar surface area (TPSA) is 52.5 Å². The Labute approximate surface area is 61.1 Å². The van der Waals surface area contributed by atoms with Gasteiger partial charge in [0.15, 0.2) is 0 Å². The van der Waals surface area contributed by atoms with Crippen molar-refractivity contribution in [3.05, 3.63) is 0 Å². The third-order valence-corrected chi connectivity index (χ3v) is 1.18. The summed E-state index contributed by atoms with van der Waals surface area (Å²) >= 11 is 0. The number of rotatable bonds is 4. The van der Waals surface area contributed by atoms with E-state index in [0.717, 1.165) is 0 Å². The van der Waals surface area contributed by atoms with E-state index in [-0.39, 0.29) is 25.3 Å². The van der Waals surface area contributed by atoms with E-state index in [0.29, 0.717) is 0 Å². The third-order valence-electron chi connectivity index (χ3n) is 1.18. The average molecular weight is 143 g/mol. The minimum absolute atomic E-state index is 0.0947. The van der Waals surface area contributed by atoms with Gasteiger partial charge in [-0.05, 0) is 6.92 Å². The maximum Gasteiger partial charge on any atom is 0.0661 e. The zero-order valence-electron chi connectivity index (χ0n) is 6.04. The lowest BCUT2D eigenvalue weighted by Crippen LogP contribution is -2.40. The van der Waals surface area contributed by atoms with Gasteiger partial charge < -0.3 is 10.2 Å². The van der Waals surface area contributed by atoms with Crippen molar-refractivity contribution in [3.8, 4) is 12.3 Å². The van der Waals surface area contributed by atoms with Gasteiger partial charge >= 0.3 is 0 Å². The highest BCUT2D eigenvalue weighted by atomic mass is 16.3. The first-order valence-corrected chi connectivity index (χ1v) is 3.18. The van der Waals surface area contributed by atoms with Crippen molar-refractivity contribution in [2.24, 2.45) is 0 Å². The van der Waals surface area contributed by atoms with E-state index in [4.69, 9.17) is 16.6 Å². The summed E-state index contributed by atoms with van der Waals surface area (Å²) in [6.45, 7) is 1.60. The molecule has 0 aliphatic rings. The molecule has 0 heterocycles. The second-order valence-electron chi connectivity index (χ2n) is 2.12. The quantitative estimate of drug-likeness (QED) is 0.440. The molecule has 0 spiro atoms. The van der Waals surface area contributed by atoms with Crippen LogP contribution in [0.4, 0.5) is 0 Å². The van der Waals surface area contributed by atoms with Crippen LogP contribution in [-0.4, -0.2) is 35.5 Å². The van der Waals surface area contributed by atoms with Crippen LogP contribution in [0.5, 0.6) is 0 Å². The van der Waals surface area contributed by atoms with Crippen molar-refractivity contribution in [1.82, 2.24) is 5.32 Å². The van der Waals surface area contributed by atoms with Gasteiger partial charge in [-0.15, -0.1) is 6.42 Å². The molecule has 10 heavy (non-hydrogen) atoms. The molecule has 0 amide bonds. The Bertz CT molecular complexity index is 115. The Balaban J connectivity index is 3.54. The number of hydrogen-bond donors (Lipinski definition) is 3. The van der Waals surface area contributed by atoms with Crippen LogP contribution in [0.1, 0.15) is 6.92 Å². The number of aliphatic hydroxyl groups excluding tert-OH is 2. The van der Waals surface area contributed by atoms with Gasteiger partial charge in [0.1, 0.15) is 0 Å². The Morgan fingerprint density at radius 3 is 2.30 bits per heavy atom. The predicted molar refractivity (Wildman–Crippen MR) is 39.4 cm³/mol. The first-order chi connectivity index (χ1) is 4.74. The lowest BCUT2D eigenvalue weighted by molar-refractivity contribution is 0.168. The maximum atomic E-state index is 8.58. The molecule has 1 atom stereocenters. The van der Waals surface area contributed by atoms with Crippen molar-refractivity contribution >= 4 is 0 Å². The van der Waals surface area contributed by atoms with E-state index in [9.17, 15) is 0 Å². The Hall–Kier alpha value is -0.560. The molecule has 0 aliphatic heterocycles.